The Bertz CT molecular complexity index is 491. The first-order valence-corrected chi connectivity index (χ1v) is 5.38. The van der Waals surface area contributed by atoms with Crippen molar-refractivity contribution in [2.75, 3.05) is 5.73 Å². The Hall–Kier alpha value is -1.84. The van der Waals surface area contributed by atoms with Crippen LogP contribution in [0.15, 0.2) is 22.8 Å². The minimum Gasteiger partial charge on any atom is -0.469 e. The Labute approximate surface area is 94.5 Å². The summed E-state index contributed by atoms with van der Waals surface area (Å²) in [5, 5.41) is 0. The lowest BCUT2D eigenvalue weighted by Crippen LogP contribution is -2.00. The molecule has 2 heterocycles. The average Bonchev–Trinajstić information content (AvgIpc) is 2.64. The molecule has 0 aliphatic carbocycles. The molecule has 2 N–H and O–H groups in total. The van der Waals surface area contributed by atoms with Crippen LogP contribution in [0.5, 0.6) is 0 Å². The molecule has 0 fully saturated rings. The van der Waals surface area contributed by atoms with Crippen LogP contribution in [-0.4, -0.2) is 9.97 Å². The predicted octanol–water partition coefficient (Wildman–Crippen LogP) is 2.58. The summed E-state index contributed by atoms with van der Waals surface area (Å²) in [6.07, 6.45) is 3.59. The molecule has 0 bridgehead atoms. The van der Waals surface area contributed by atoms with Crippen LogP contribution in [-0.2, 0) is 6.42 Å². The van der Waals surface area contributed by atoms with Crippen molar-refractivity contribution in [3.63, 3.8) is 0 Å². The summed E-state index contributed by atoms with van der Waals surface area (Å²) in [4.78, 5) is 8.70. The van der Waals surface area contributed by atoms with E-state index >= 15 is 0 Å². The van der Waals surface area contributed by atoms with Gasteiger partial charge in [0.2, 0.25) is 0 Å². The van der Waals surface area contributed by atoms with E-state index in [-0.39, 0.29) is 0 Å². The lowest BCUT2D eigenvalue weighted by molar-refractivity contribution is 0.535. The normalized spacial score (nSPS) is 10.6. The molecule has 2 aromatic heterocycles. The maximum atomic E-state index is 5.76. The quantitative estimate of drug-likeness (QED) is 0.858. The van der Waals surface area contributed by atoms with Crippen molar-refractivity contribution in [1.82, 2.24) is 9.97 Å². The number of aromatic nitrogens is 2. The van der Waals surface area contributed by atoms with Crippen LogP contribution in [0.1, 0.15) is 24.8 Å². The number of furan rings is 1. The fraction of sp³-hybridized carbons (Fsp3) is 0.333. The highest BCUT2D eigenvalue weighted by Crippen LogP contribution is 2.22. The van der Waals surface area contributed by atoms with Crippen molar-refractivity contribution in [1.29, 1.82) is 0 Å². The first kappa shape index (κ1) is 10.7. The zero-order chi connectivity index (χ0) is 11.5. The SMILES string of the molecule is CCCc1cc(N)nc(-c2ccoc2C)n1. The smallest absolute Gasteiger partial charge is 0.165 e. The maximum Gasteiger partial charge on any atom is 0.165 e. The van der Waals surface area contributed by atoms with Crippen LogP contribution in [0.4, 0.5) is 5.82 Å². The second-order valence-electron chi connectivity index (χ2n) is 3.75. The molecule has 16 heavy (non-hydrogen) atoms. The fourth-order valence-electron chi connectivity index (χ4n) is 1.64. The number of hydrogen-bond acceptors (Lipinski definition) is 4. The summed E-state index contributed by atoms with van der Waals surface area (Å²) in [6.45, 7) is 4.00. The summed E-state index contributed by atoms with van der Waals surface area (Å²) >= 11 is 0. The Morgan fingerprint density at radius 3 is 2.81 bits per heavy atom. The molecule has 0 spiro atoms. The molecule has 2 rings (SSSR count). The number of hydrogen-bond donors (Lipinski definition) is 1. The molecule has 0 atom stereocenters. The molecule has 0 saturated carbocycles. The summed E-state index contributed by atoms with van der Waals surface area (Å²) < 4.78 is 5.24. The second-order valence-corrected chi connectivity index (χ2v) is 3.75. The third-order valence-electron chi connectivity index (χ3n) is 2.40. The largest absolute Gasteiger partial charge is 0.469 e. The second kappa shape index (κ2) is 4.35. The van der Waals surface area contributed by atoms with Gasteiger partial charge in [-0.2, -0.15) is 0 Å². The summed E-state index contributed by atoms with van der Waals surface area (Å²) in [7, 11) is 0. The first-order valence-electron chi connectivity index (χ1n) is 5.38. The molecule has 0 amide bonds. The van der Waals surface area contributed by atoms with Crippen molar-refractivity contribution in [3.05, 3.63) is 29.9 Å². The molecule has 2 aromatic rings. The van der Waals surface area contributed by atoms with E-state index in [0.717, 1.165) is 29.9 Å². The molecule has 0 saturated heterocycles. The fourth-order valence-corrected chi connectivity index (χ4v) is 1.64. The van der Waals surface area contributed by atoms with Gasteiger partial charge in [-0.3, -0.25) is 0 Å². The molecule has 0 unspecified atom stereocenters. The molecule has 4 heteroatoms. The lowest BCUT2D eigenvalue weighted by atomic mass is 10.2. The highest BCUT2D eigenvalue weighted by Gasteiger charge is 2.09. The van der Waals surface area contributed by atoms with E-state index in [1.54, 1.807) is 6.26 Å². The van der Waals surface area contributed by atoms with Crippen molar-refractivity contribution in [2.45, 2.75) is 26.7 Å². The van der Waals surface area contributed by atoms with Gasteiger partial charge in [-0.1, -0.05) is 13.3 Å². The lowest BCUT2D eigenvalue weighted by Gasteiger charge is -2.03. The Morgan fingerprint density at radius 1 is 1.38 bits per heavy atom. The number of nitrogen functional groups attached to an aromatic ring is 1. The highest BCUT2D eigenvalue weighted by molar-refractivity contribution is 5.58. The van der Waals surface area contributed by atoms with Crippen LogP contribution in [0.2, 0.25) is 0 Å². The van der Waals surface area contributed by atoms with Gasteiger partial charge in [0.1, 0.15) is 11.6 Å². The minimum absolute atomic E-state index is 0.508. The van der Waals surface area contributed by atoms with Gasteiger partial charge in [0.25, 0.3) is 0 Å². The number of nitrogens with two attached hydrogens (primary N) is 1. The van der Waals surface area contributed by atoms with Crippen molar-refractivity contribution in [2.24, 2.45) is 0 Å². The van der Waals surface area contributed by atoms with E-state index in [2.05, 4.69) is 16.9 Å². The summed E-state index contributed by atoms with van der Waals surface area (Å²) in [6, 6.07) is 3.68. The van der Waals surface area contributed by atoms with Gasteiger partial charge >= 0.3 is 0 Å². The molecule has 0 aromatic carbocycles. The molecular formula is C12H15N3O. The van der Waals surface area contributed by atoms with E-state index in [1.165, 1.54) is 0 Å². The third-order valence-corrected chi connectivity index (χ3v) is 2.40. The minimum atomic E-state index is 0.508. The van der Waals surface area contributed by atoms with Gasteiger partial charge in [-0.15, -0.1) is 0 Å². The molecule has 0 aliphatic rings. The number of nitrogens with zero attached hydrogens (tertiary/aromatic N) is 2. The van der Waals surface area contributed by atoms with E-state index in [1.807, 2.05) is 19.1 Å². The molecule has 4 nitrogen and oxygen atoms in total. The van der Waals surface area contributed by atoms with E-state index in [4.69, 9.17) is 10.2 Å². The Balaban J connectivity index is 2.45. The van der Waals surface area contributed by atoms with Crippen LogP contribution in [0.25, 0.3) is 11.4 Å². The van der Waals surface area contributed by atoms with Gasteiger partial charge in [0.05, 0.1) is 11.8 Å². The maximum absolute atomic E-state index is 5.76. The van der Waals surface area contributed by atoms with Crippen molar-refractivity contribution in [3.8, 4) is 11.4 Å². The Morgan fingerprint density at radius 2 is 2.19 bits per heavy atom. The highest BCUT2D eigenvalue weighted by atomic mass is 16.3. The van der Waals surface area contributed by atoms with E-state index < -0.39 is 0 Å². The predicted molar refractivity (Wildman–Crippen MR) is 62.9 cm³/mol. The van der Waals surface area contributed by atoms with Crippen LogP contribution in [0, 0.1) is 6.92 Å². The molecule has 84 valence electrons. The van der Waals surface area contributed by atoms with Gasteiger partial charge < -0.3 is 10.2 Å². The van der Waals surface area contributed by atoms with Gasteiger partial charge in [0, 0.05) is 11.8 Å². The zero-order valence-electron chi connectivity index (χ0n) is 9.53. The average molecular weight is 217 g/mol. The van der Waals surface area contributed by atoms with Crippen LogP contribution < -0.4 is 5.73 Å². The Kier molecular flexibility index (Phi) is 2.90. The van der Waals surface area contributed by atoms with Crippen LogP contribution >= 0.6 is 0 Å². The van der Waals surface area contributed by atoms with Crippen LogP contribution in [0.3, 0.4) is 0 Å². The zero-order valence-corrected chi connectivity index (χ0v) is 9.53. The monoisotopic (exact) mass is 217 g/mol. The number of rotatable bonds is 3. The third kappa shape index (κ3) is 2.05. The topological polar surface area (TPSA) is 64.9 Å². The number of anilines is 1. The van der Waals surface area contributed by atoms with E-state index in [9.17, 15) is 0 Å². The van der Waals surface area contributed by atoms with Gasteiger partial charge in [0.15, 0.2) is 5.82 Å². The number of aryl methyl sites for hydroxylation is 2. The summed E-state index contributed by atoms with van der Waals surface area (Å²) in [5.41, 5.74) is 7.65. The first-order chi connectivity index (χ1) is 7.70. The van der Waals surface area contributed by atoms with Gasteiger partial charge in [-0.05, 0) is 19.4 Å². The van der Waals surface area contributed by atoms with Crippen molar-refractivity contribution < 1.29 is 4.42 Å². The summed E-state index contributed by atoms with van der Waals surface area (Å²) in [5.74, 6) is 1.97. The van der Waals surface area contributed by atoms with Gasteiger partial charge in [-0.25, -0.2) is 9.97 Å². The molecular weight excluding hydrogens is 202 g/mol. The molecule has 0 radical (unpaired) electrons. The molecule has 0 aliphatic heterocycles. The van der Waals surface area contributed by atoms with Crippen molar-refractivity contribution >= 4 is 5.82 Å². The standard InChI is InChI=1S/C12H15N3O/c1-3-4-9-7-11(13)15-12(14-9)10-5-6-16-8(10)2/h5-7H,3-4H2,1-2H3,(H2,13,14,15). The van der Waals surface area contributed by atoms with E-state index in [0.29, 0.717) is 11.6 Å².